The van der Waals surface area contributed by atoms with Crippen molar-refractivity contribution in [2.24, 2.45) is 0 Å². The SMILES string of the molecule is CCCc1nc2c(sc3nc4c(cc32)COC(C)(C)C4)c(=O)n1C[C@@H]1CCCO1. The summed E-state index contributed by atoms with van der Waals surface area (Å²) in [5.74, 6) is 0.857. The normalized spacial score (nSPS) is 21.1. The molecule has 2 aliphatic rings. The van der Waals surface area contributed by atoms with Crippen molar-refractivity contribution in [1.29, 1.82) is 0 Å². The molecule has 0 bridgehead atoms. The average molecular weight is 414 g/mol. The van der Waals surface area contributed by atoms with E-state index in [9.17, 15) is 4.79 Å². The van der Waals surface area contributed by atoms with Gasteiger partial charge in [-0.25, -0.2) is 9.97 Å². The van der Waals surface area contributed by atoms with E-state index in [4.69, 9.17) is 19.4 Å². The number of pyridine rings is 1. The van der Waals surface area contributed by atoms with Gasteiger partial charge < -0.3 is 9.47 Å². The van der Waals surface area contributed by atoms with Crippen LogP contribution >= 0.6 is 11.3 Å². The first-order valence-electron chi connectivity index (χ1n) is 10.6. The fourth-order valence-corrected chi connectivity index (χ4v) is 5.44. The summed E-state index contributed by atoms with van der Waals surface area (Å²) in [6.07, 6.45) is 4.69. The summed E-state index contributed by atoms with van der Waals surface area (Å²) in [5.41, 5.74) is 2.83. The summed E-state index contributed by atoms with van der Waals surface area (Å²) in [6.45, 7) is 8.24. The summed E-state index contributed by atoms with van der Waals surface area (Å²) in [5, 5.41) is 0.978. The van der Waals surface area contributed by atoms with Crippen molar-refractivity contribution in [2.75, 3.05) is 6.61 Å². The third-order valence-electron chi connectivity index (χ3n) is 5.91. The van der Waals surface area contributed by atoms with Gasteiger partial charge in [0.05, 0.1) is 36.1 Å². The molecule has 1 fully saturated rings. The van der Waals surface area contributed by atoms with Crippen molar-refractivity contribution in [3.05, 3.63) is 33.5 Å². The minimum Gasteiger partial charge on any atom is -0.376 e. The molecule has 6 nitrogen and oxygen atoms in total. The average Bonchev–Trinajstić information content (AvgIpc) is 3.30. The molecular formula is C22H27N3O3S. The van der Waals surface area contributed by atoms with Gasteiger partial charge in [-0.15, -0.1) is 11.3 Å². The number of nitrogens with zero attached hydrogens (tertiary/aromatic N) is 3. The Kier molecular flexibility index (Phi) is 4.72. The van der Waals surface area contributed by atoms with Gasteiger partial charge in [-0.3, -0.25) is 9.36 Å². The first-order chi connectivity index (χ1) is 13.9. The fraction of sp³-hybridized carbons (Fsp3) is 0.591. The van der Waals surface area contributed by atoms with Crippen LogP contribution in [-0.2, 0) is 35.5 Å². The first-order valence-corrected chi connectivity index (χ1v) is 11.4. The quantitative estimate of drug-likeness (QED) is 0.647. The van der Waals surface area contributed by atoms with Gasteiger partial charge in [-0.1, -0.05) is 6.92 Å². The van der Waals surface area contributed by atoms with Gasteiger partial charge >= 0.3 is 0 Å². The van der Waals surface area contributed by atoms with Gasteiger partial charge in [0.1, 0.15) is 15.4 Å². The molecule has 0 saturated carbocycles. The lowest BCUT2D eigenvalue weighted by molar-refractivity contribution is -0.0411. The Bertz CT molecular complexity index is 1140. The monoisotopic (exact) mass is 413 g/mol. The standard InChI is InChI=1S/C22H27N3O3S/c1-4-6-17-24-18-15-9-13-12-28-22(2,3)10-16(13)23-20(15)29-19(18)21(26)25(17)11-14-7-5-8-27-14/h9,14H,4-8,10-12H2,1-3H3/t14-/m0/s1. The van der Waals surface area contributed by atoms with Crippen LogP contribution in [0.3, 0.4) is 0 Å². The van der Waals surface area contributed by atoms with Crippen LogP contribution < -0.4 is 5.56 Å². The predicted molar refractivity (Wildman–Crippen MR) is 115 cm³/mol. The number of aryl methyl sites for hydroxylation is 1. The number of ether oxygens (including phenoxy) is 2. The smallest absolute Gasteiger partial charge is 0.271 e. The predicted octanol–water partition coefficient (Wildman–Crippen LogP) is 3.99. The molecule has 154 valence electrons. The molecular weight excluding hydrogens is 386 g/mol. The summed E-state index contributed by atoms with van der Waals surface area (Å²) in [7, 11) is 0. The van der Waals surface area contributed by atoms with Crippen LogP contribution in [0.2, 0.25) is 0 Å². The van der Waals surface area contributed by atoms with Crippen LogP contribution in [0.25, 0.3) is 20.4 Å². The maximum atomic E-state index is 13.4. The molecule has 2 aliphatic heterocycles. The minimum absolute atomic E-state index is 0.0477. The largest absolute Gasteiger partial charge is 0.376 e. The molecule has 7 heteroatoms. The van der Waals surface area contributed by atoms with Crippen LogP contribution in [-0.4, -0.2) is 32.8 Å². The second-order valence-electron chi connectivity index (χ2n) is 8.78. The van der Waals surface area contributed by atoms with Gasteiger partial charge in [0.2, 0.25) is 0 Å². The van der Waals surface area contributed by atoms with E-state index in [-0.39, 0.29) is 17.3 Å². The highest BCUT2D eigenvalue weighted by Crippen LogP contribution is 2.35. The van der Waals surface area contributed by atoms with Gasteiger partial charge in [0, 0.05) is 30.4 Å². The zero-order valence-electron chi connectivity index (χ0n) is 17.3. The number of rotatable bonds is 4. The van der Waals surface area contributed by atoms with Crippen LogP contribution in [0.4, 0.5) is 0 Å². The van der Waals surface area contributed by atoms with E-state index in [1.54, 1.807) is 0 Å². The van der Waals surface area contributed by atoms with Crippen molar-refractivity contribution < 1.29 is 9.47 Å². The molecule has 0 unspecified atom stereocenters. The zero-order valence-corrected chi connectivity index (χ0v) is 18.1. The van der Waals surface area contributed by atoms with Crippen LogP contribution in [0.1, 0.15) is 57.1 Å². The Morgan fingerprint density at radius 1 is 1.34 bits per heavy atom. The molecule has 3 aromatic heterocycles. The van der Waals surface area contributed by atoms with E-state index >= 15 is 0 Å². The molecule has 0 amide bonds. The lowest BCUT2D eigenvalue weighted by Crippen LogP contribution is -2.32. The molecule has 3 aromatic rings. The Balaban J connectivity index is 1.68. The Morgan fingerprint density at radius 3 is 2.97 bits per heavy atom. The van der Waals surface area contributed by atoms with E-state index in [2.05, 4.69) is 26.8 Å². The molecule has 29 heavy (non-hydrogen) atoms. The van der Waals surface area contributed by atoms with Gasteiger partial charge in [-0.2, -0.15) is 0 Å². The lowest BCUT2D eigenvalue weighted by atomic mass is 9.95. The van der Waals surface area contributed by atoms with Crippen LogP contribution in [0, 0.1) is 0 Å². The van der Waals surface area contributed by atoms with Crippen molar-refractivity contribution in [3.63, 3.8) is 0 Å². The number of aromatic nitrogens is 3. The van der Waals surface area contributed by atoms with E-state index in [0.29, 0.717) is 17.9 Å². The molecule has 5 heterocycles. The fourth-order valence-electron chi connectivity index (χ4n) is 4.37. The highest BCUT2D eigenvalue weighted by molar-refractivity contribution is 7.25. The second-order valence-corrected chi connectivity index (χ2v) is 9.78. The van der Waals surface area contributed by atoms with Gasteiger partial charge in [0.25, 0.3) is 5.56 Å². The molecule has 0 spiro atoms. The second kappa shape index (κ2) is 7.15. The maximum absolute atomic E-state index is 13.4. The van der Waals surface area contributed by atoms with E-state index < -0.39 is 0 Å². The first kappa shape index (κ1) is 19.2. The molecule has 0 radical (unpaired) electrons. The van der Waals surface area contributed by atoms with Gasteiger partial charge in [0.15, 0.2) is 0 Å². The Hall–Kier alpha value is -1.83. The summed E-state index contributed by atoms with van der Waals surface area (Å²) in [4.78, 5) is 24.2. The van der Waals surface area contributed by atoms with Crippen molar-refractivity contribution in [2.45, 2.75) is 77.7 Å². The number of fused-ring (bicyclic) bond motifs is 4. The third-order valence-corrected chi connectivity index (χ3v) is 6.99. The molecule has 1 atom stereocenters. The topological polar surface area (TPSA) is 66.2 Å². The Labute approximate surface area is 173 Å². The van der Waals surface area contributed by atoms with E-state index in [0.717, 1.165) is 71.5 Å². The summed E-state index contributed by atoms with van der Waals surface area (Å²) < 4.78 is 14.3. The van der Waals surface area contributed by atoms with Crippen LogP contribution in [0.5, 0.6) is 0 Å². The number of thiophene rings is 1. The summed E-state index contributed by atoms with van der Waals surface area (Å²) >= 11 is 1.47. The molecule has 0 N–H and O–H groups in total. The summed E-state index contributed by atoms with van der Waals surface area (Å²) in [6, 6.07) is 2.14. The van der Waals surface area contributed by atoms with Crippen LogP contribution in [0.15, 0.2) is 10.9 Å². The molecule has 0 aliphatic carbocycles. The third kappa shape index (κ3) is 3.39. The van der Waals surface area contributed by atoms with E-state index in [1.807, 2.05) is 4.57 Å². The number of hydrogen-bond donors (Lipinski definition) is 0. The Morgan fingerprint density at radius 2 is 2.21 bits per heavy atom. The molecule has 1 saturated heterocycles. The highest BCUT2D eigenvalue weighted by Gasteiger charge is 2.28. The lowest BCUT2D eigenvalue weighted by Gasteiger charge is -2.30. The minimum atomic E-state index is -0.203. The highest BCUT2D eigenvalue weighted by atomic mass is 32.1. The number of hydrogen-bond acceptors (Lipinski definition) is 6. The molecule has 5 rings (SSSR count). The van der Waals surface area contributed by atoms with E-state index in [1.165, 1.54) is 11.3 Å². The molecule has 0 aromatic carbocycles. The van der Waals surface area contributed by atoms with Crippen molar-refractivity contribution in [3.8, 4) is 0 Å². The maximum Gasteiger partial charge on any atom is 0.271 e. The van der Waals surface area contributed by atoms with Crippen molar-refractivity contribution >= 4 is 31.8 Å². The zero-order chi connectivity index (χ0) is 20.2. The van der Waals surface area contributed by atoms with Gasteiger partial charge in [-0.05, 0) is 39.2 Å². The van der Waals surface area contributed by atoms with Crippen molar-refractivity contribution in [1.82, 2.24) is 14.5 Å².